The van der Waals surface area contributed by atoms with E-state index in [9.17, 15) is 9.59 Å². The summed E-state index contributed by atoms with van der Waals surface area (Å²) >= 11 is 22.5. The summed E-state index contributed by atoms with van der Waals surface area (Å²) < 4.78 is 6.55. The highest BCUT2D eigenvalue weighted by Crippen LogP contribution is 2.37. The Labute approximate surface area is 212 Å². The number of hydrogen-bond acceptors (Lipinski definition) is 4. The summed E-state index contributed by atoms with van der Waals surface area (Å²) in [6, 6.07) is 17.2. The molecule has 3 aromatic rings. The molecule has 32 heavy (non-hydrogen) atoms. The fraction of sp³-hybridized carbons (Fsp3) is 0.0435. The van der Waals surface area contributed by atoms with E-state index in [0.29, 0.717) is 35.9 Å². The van der Waals surface area contributed by atoms with E-state index in [1.54, 1.807) is 54.6 Å². The van der Waals surface area contributed by atoms with Gasteiger partial charge in [-0.2, -0.15) is 0 Å². The molecule has 3 aromatic carbocycles. The Morgan fingerprint density at radius 3 is 2.47 bits per heavy atom. The van der Waals surface area contributed by atoms with Gasteiger partial charge in [0.05, 0.1) is 15.1 Å². The summed E-state index contributed by atoms with van der Waals surface area (Å²) in [6.45, 7) is 0.270. The van der Waals surface area contributed by atoms with Gasteiger partial charge in [-0.05, 0) is 81.8 Å². The van der Waals surface area contributed by atoms with Crippen LogP contribution in [0.2, 0.25) is 15.1 Å². The van der Waals surface area contributed by atoms with Crippen LogP contribution in [0.4, 0.5) is 10.5 Å². The van der Waals surface area contributed by atoms with Gasteiger partial charge in [-0.25, -0.2) is 4.90 Å². The smallest absolute Gasteiger partial charge is 0.298 e. The molecule has 0 aromatic heterocycles. The zero-order valence-electron chi connectivity index (χ0n) is 16.2. The van der Waals surface area contributed by atoms with Crippen molar-refractivity contribution in [1.82, 2.24) is 0 Å². The van der Waals surface area contributed by atoms with E-state index in [-0.39, 0.29) is 11.8 Å². The highest BCUT2D eigenvalue weighted by molar-refractivity contribution is 9.10. The average molecular weight is 570 g/mol. The Morgan fingerprint density at radius 2 is 1.75 bits per heavy atom. The first kappa shape index (κ1) is 23.2. The molecule has 4 rings (SSSR count). The second kappa shape index (κ2) is 9.89. The fourth-order valence-corrected chi connectivity index (χ4v) is 4.97. The highest BCUT2D eigenvalue weighted by atomic mass is 79.9. The summed E-state index contributed by atoms with van der Waals surface area (Å²) in [4.78, 5) is 26.7. The quantitative estimate of drug-likeness (QED) is 0.291. The molecular formula is C23H13BrCl3NO3S. The van der Waals surface area contributed by atoms with E-state index in [0.717, 1.165) is 27.8 Å². The Balaban J connectivity index is 1.50. The van der Waals surface area contributed by atoms with Crippen LogP contribution in [0.5, 0.6) is 5.75 Å². The molecule has 1 fully saturated rings. The van der Waals surface area contributed by atoms with E-state index in [2.05, 4.69) is 15.9 Å². The summed E-state index contributed by atoms with van der Waals surface area (Å²) in [7, 11) is 0. The minimum Gasteiger partial charge on any atom is -0.488 e. The first-order valence-electron chi connectivity index (χ1n) is 9.21. The lowest BCUT2D eigenvalue weighted by atomic mass is 10.2. The zero-order chi connectivity index (χ0) is 22.8. The van der Waals surface area contributed by atoms with Gasteiger partial charge >= 0.3 is 0 Å². The molecule has 0 saturated carbocycles. The molecule has 1 aliphatic heterocycles. The Hall–Kier alpha value is -1.96. The lowest BCUT2D eigenvalue weighted by molar-refractivity contribution is -0.113. The SMILES string of the molecule is O=C1S/C(=C/c2ccc(OCc3ccc(Cl)cc3Cl)c(Br)c2)C(=O)N1c1cccc(Cl)c1. The summed E-state index contributed by atoms with van der Waals surface area (Å²) in [5, 5.41) is 1.16. The molecule has 2 amide bonds. The van der Waals surface area contributed by atoms with E-state index in [1.807, 2.05) is 12.1 Å². The van der Waals surface area contributed by atoms with Gasteiger partial charge in [-0.1, -0.05) is 53.0 Å². The van der Waals surface area contributed by atoms with Crippen LogP contribution in [-0.2, 0) is 11.4 Å². The van der Waals surface area contributed by atoms with Crippen molar-refractivity contribution < 1.29 is 14.3 Å². The third-order valence-corrected chi connectivity index (χ3v) is 6.82. The highest BCUT2D eigenvalue weighted by Gasteiger charge is 2.36. The largest absolute Gasteiger partial charge is 0.488 e. The molecule has 162 valence electrons. The lowest BCUT2D eigenvalue weighted by Gasteiger charge is -2.12. The van der Waals surface area contributed by atoms with Crippen LogP contribution in [0.15, 0.2) is 70.0 Å². The number of imide groups is 1. The molecule has 0 radical (unpaired) electrons. The number of ether oxygens (including phenoxy) is 1. The number of hydrogen-bond donors (Lipinski definition) is 0. The van der Waals surface area contributed by atoms with Gasteiger partial charge in [0.25, 0.3) is 11.1 Å². The number of nitrogens with zero attached hydrogens (tertiary/aromatic N) is 1. The third kappa shape index (κ3) is 5.16. The molecule has 4 nitrogen and oxygen atoms in total. The first-order valence-corrected chi connectivity index (χ1v) is 12.0. The lowest BCUT2D eigenvalue weighted by Crippen LogP contribution is -2.27. The predicted octanol–water partition coefficient (Wildman–Crippen LogP) is 8.23. The molecule has 0 bridgehead atoms. The van der Waals surface area contributed by atoms with Gasteiger partial charge in [-0.3, -0.25) is 9.59 Å². The Morgan fingerprint density at radius 1 is 0.969 bits per heavy atom. The van der Waals surface area contributed by atoms with Gasteiger partial charge in [0.1, 0.15) is 12.4 Å². The van der Waals surface area contributed by atoms with Crippen LogP contribution < -0.4 is 9.64 Å². The van der Waals surface area contributed by atoms with Crippen LogP contribution in [0, 0.1) is 0 Å². The minimum atomic E-state index is -0.393. The third-order valence-electron chi connectivity index (χ3n) is 4.51. The maximum atomic E-state index is 12.8. The van der Waals surface area contributed by atoms with Crippen molar-refractivity contribution in [1.29, 1.82) is 0 Å². The molecule has 0 aliphatic carbocycles. The molecule has 1 aliphatic rings. The fourth-order valence-electron chi connectivity index (χ4n) is 2.98. The number of anilines is 1. The van der Waals surface area contributed by atoms with Gasteiger partial charge < -0.3 is 4.74 Å². The van der Waals surface area contributed by atoms with E-state index in [4.69, 9.17) is 39.5 Å². The van der Waals surface area contributed by atoms with Crippen molar-refractivity contribution >= 4 is 85.4 Å². The number of carbonyl (C=O) groups is 2. The molecule has 0 atom stereocenters. The van der Waals surface area contributed by atoms with E-state index < -0.39 is 5.91 Å². The van der Waals surface area contributed by atoms with Crippen molar-refractivity contribution in [2.45, 2.75) is 6.61 Å². The summed E-state index contributed by atoms with van der Waals surface area (Å²) in [5.41, 5.74) is 1.99. The first-order chi connectivity index (χ1) is 15.3. The van der Waals surface area contributed by atoms with Gasteiger partial charge in [0.15, 0.2) is 0 Å². The number of halogens is 4. The second-order valence-corrected chi connectivity index (χ2v) is 9.84. The van der Waals surface area contributed by atoms with Crippen LogP contribution >= 0.6 is 62.5 Å². The molecule has 1 heterocycles. The maximum Gasteiger partial charge on any atom is 0.298 e. The molecular weight excluding hydrogens is 557 g/mol. The van der Waals surface area contributed by atoms with Gasteiger partial charge in [0, 0.05) is 20.6 Å². The molecule has 0 unspecified atom stereocenters. The van der Waals surface area contributed by atoms with Crippen LogP contribution in [0.25, 0.3) is 6.08 Å². The van der Waals surface area contributed by atoms with Crippen LogP contribution in [-0.4, -0.2) is 11.1 Å². The molecule has 9 heteroatoms. The minimum absolute atomic E-state index is 0.270. The normalized spacial score (nSPS) is 15.0. The van der Waals surface area contributed by atoms with E-state index >= 15 is 0 Å². The standard InChI is InChI=1S/C23H13BrCl3NO3S/c24-18-8-13(4-7-20(18)31-12-14-5-6-16(26)11-19(14)27)9-21-22(29)28(23(30)32-21)17-3-1-2-15(25)10-17/h1-11H,12H2/b21-9+. The topological polar surface area (TPSA) is 46.6 Å². The second-order valence-electron chi connectivity index (χ2n) is 6.71. The van der Waals surface area contributed by atoms with Crippen molar-refractivity contribution in [2.75, 3.05) is 4.90 Å². The zero-order valence-corrected chi connectivity index (χ0v) is 20.8. The average Bonchev–Trinajstić information content (AvgIpc) is 3.01. The molecule has 0 N–H and O–H groups in total. The number of amides is 2. The summed E-state index contributed by atoms with van der Waals surface area (Å²) in [5.74, 6) is 0.219. The molecule has 1 saturated heterocycles. The van der Waals surface area contributed by atoms with Crippen molar-refractivity contribution in [2.24, 2.45) is 0 Å². The Kier molecular flexibility index (Phi) is 7.17. The van der Waals surface area contributed by atoms with Crippen molar-refractivity contribution in [3.8, 4) is 5.75 Å². The van der Waals surface area contributed by atoms with Crippen molar-refractivity contribution in [3.05, 3.63) is 96.2 Å². The van der Waals surface area contributed by atoms with E-state index in [1.165, 1.54) is 0 Å². The van der Waals surface area contributed by atoms with Crippen molar-refractivity contribution in [3.63, 3.8) is 0 Å². The van der Waals surface area contributed by atoms with Gasteiger partial charge in [-0.15, -0.1) is 0 Å². The van der Waals surface area contributed by atoms with Crippen LogP contribution in [0.3, 0.4) is 0 Å². The number of thioether (sulfide) groups is 1. The number of benzene rings is 3. The predicted molar refractivity (Wildman–Crippen MR) is 135 cm³/mol. The maximum absolute atomic E-state index is 12.8. The monoisotopic (exact) mass is 567 g/mol. The number of rotatable bonds is 5. The van der Waals surface area contributed by atoms with Crippen LogP contribution in [0.1, 0.15) is 11.1 Å². The Bertz CT molecular complexity index is 1260. The molecule has 0 spiro atoms. The van der Waals surface area contributed by atoms with Gasteiger partial charge in [0.2, 0.25) is 0 Å². The summed E-state index contributed by atoms with van der Waals surface area (Å²) in [6.07, 6.45) is 1.67. The number of carbonyl (C=O) groups excluding carboxylic acids is 2.